The van der Waals surface area contributed by atoms with Gasteiger partial charge < -0.3 is 0 Å². The molecule has 4 rings (SSSR count). The molecule has 0 atom stereocenters. The van der Waals surface area contributed by atoms with E-state index in [-0.39, 0.29) is 0 Å². The Bertz CT molecular complexity index is 846. The molecule has 0 saturated carbocycles. The van der Waals surface area contributed by atoms with Crippen LogP contribution in [0.2, 0.25) is 0 Å². The topological polar surface area (TPSA) is 25.8 Å². The van der Waals surface area contributed by atoms with Gasteiger partial charge in [-0.1, -0.05) is 0 Å². The molecule has 0 radical (unpaired) electrons. The van der Waals surface area contributed by atoms with Gasteiger partial charge >= 0.3 is 160 Å². The maximum absolute atomic E-state index is 4.58. The summed E-state index contributed by atoms with van der Waals surface area (Å²) in [6, 6.07) is 34.8. The summed E-state index contributed by atoms with van der Waals surface area (Å²) in [6.07, 6.45) is 3.69. The van der Waals surface area contributed by atoms with E-state index in [1.165, 1.54) is 9.67 Å². The van der Waals surface area contributed by atoms with E-state index in [2.05, 4.69) is 101 Å². The Balaban J connectivity index is 2.00. The van der Waals surface area contributed by atoms with Crippen LogP contribution in [0.3, 0.4) is 0 Å². The molecule has 0 aliphatic heterocycles. The van der Waals surface area contributed by atoms with Gasteiger partial charge in [0.05, 0.1) is 0 Å². The summed E-state index contributed by atoms with van der Waals surface area (Å²) in [5, 5.41) is 0. The van der Waals surface area contributed by atoms with Crippen molar-refractivity contribution in [1.29, 1.82) is 0 Å². The van der Waals surface area contributed by atoms with Crippen molar-refractivity contribution in [2.75, 3.05) is 0 Å². The Morgan fingerprint density at radius 3 is 1.27 bits per heavy atom. The van der Waals surface area contributed by atoms with Gasteiger partial charge in [-0.15, -0.1) is 0 Å². The molecule has 4 aromatic rings. The summed E-state index contributed by atoms with van der Waals surface area (Å²) in [4.78, 5) is 9.16. The third-order valence-electron chi connectivity index (χ3n) is 4.40. The van der Waals surface area contributed by atoms with Gasteiger partial charge in [0.25, 0.3) is 0 Å². The Morgan fingerprint density at radius 1 is 0.500 bits per heavy atom. The molecule has 1 heterocycles. The van der Waals surface area contributed by atoms with Crippen molar-refractivity contribution in [2.24, 2.45) is 0 Å². The number of aromatic nitrogens is 2. The molecular formula is C23H20N2Po. The Hall–Kier alpha value is -2.36. The molecule has 0 unspecified atom stereocenters. The molecule has 2 nitrogen and oxygen atoms in total. The predicted octanol–water partition coefficient (Wildman–Crippen LogP) is 2.73. The van der Waals surface area contributed by atoms with E-state index in [9.17, 15) is 0 Å². The van der Waals surface area contributed by atoms with E-state index in [0.717, 1.165) is 9.90 Å². The Kier molecular flexibility index (Phi) is 5.18. The predicted molar refractivity (Wildman–Crippen MR) is 110 cm³/mol. The van der Waals surface area contributed by atoms with E-state index >= 15 is 0 Å². The van der Waals surface area contributed by atoms with Gasteiger partial charge in [-0.25, -0.2) is 0 Å². The van der Waals surface area contributed by atoms with E-state index in [4.69, 9.17) is 0 Å². The minimum atomic E-state index is -3.26. The number of rotatable bonds is 5. The molecule has 0 aliphatic carbocycles. The third-order valence-corrected chi connectivity index (χ3v) is 19.6. The second-order valence-electron chi connectivity index (χ2n) is 5.99. The zero-order valence-corrected chi connectivity index (χ0v) is 17.6. The Labute approximate surface area is 159 Å². The molecule has 0 spiro atoms. The fraction of sp³-hybridized carbons (Fsp3) is 0.0435. The van der Waals surface area contributed by atoms with Crippen LogP contribution in [-0.2, 0) is 4.08 Å². The molecule has 3 heteroatoms. The van der Waals surface area contributed by atoms with Crippen molar-refractivity contribution in [1.82, 2.24) is 9.97 Å². The van der Waals surface area contributed by atoms with Crippen LogP contribution in [0.4, 0.5) is 0 Å². The van der Waals surface area contributed by atoms with Gasteiger partial charge in [-0.05, 0) is 0 Å². The van der Waals surface area contributed by atoms with Crippen LogP contribution < -0.4 is 9.67 Å². The van der Waals surface area contributed by atoms with E-state index in [0.29, 0.717) is 0 Å². The zero-order valence-electron chi connectivity index (χ0n) is 14.4. The first-order valence-electron chi connectivity index (χ1n) is 8.62. The van der Waals surface area contributed by atoms with Crippen LogP contribution in [0.5, 0.6) is 0 Å². The summed E-state index contributed by atoms with van der Waals surface area (Å²) in [6.45, 7) is 0. The number of hydrogen-bond acceptors (Lipinski definition) is 2. The average molecular weight is 533 g/mol. The van der Waals surface area contributed by atoms with E-state index in [1.54, 1.807) is 0 Å². The van der Waals surface area contributed by atoms with Crippen molar-refractivity contribution >= 4 is 30.2 Å². The summed E-state index contributed by atoms with van der Waals surface area (Å²) in [7, 11) is 0. The number of nitrogens with zero attached hydrogens (tertiary/aromatic N) is 2. The molecule has 0 N–H and O–H groups in total. The third kappa shape index (κ3) is 3.33. The van der Waals surface area contributed by atoms with Gasteiger partial charge in [0, 0.05) is 0 Å². The molecule has 26 heavy (non-hydrogen) atoms. The van der Waals surface area contributed by atoms with Gasteiger partial charge in [-0.3, -0.25) is 0 Å². The first-order valence-corrected chi connectivity index (χ1v) is 15.6. The molecule has 128 valence electrons. The summed E-state index contributed by atoms with van der Waals surface area (Å²) < 4.78 is 5.26. The van der Waals surface area contributed by atoms with Gasteiger partial charge in [0.15, 0.2) is 0 Å². The molecule has 3 aromatic carbocycles. The van der Waals surface area contributed by atoms with Crippen LogP contribution in [0.15, 0.2) is 109 Å². The van der Waals surface area contributed by atoms with Crippen molar-refractivity contribution in [3.8, 4) is 0 Å². The fourth-order valence-electron chi connectivity index (χ4n) is 3.21. The second-order valence-corrected chi connectivity index (χ2v) is 18.4. The first-order chi connectivity index (χ1) is 12.9. The van der Waals surface area contributed by atoms with Crippen molar-refractivity contribution in [2.45, 2.75) is 4.08 Å². The van der Waals surface area contributed by atoms with Crippen molar-refractivity contribution < 1.29 is 0 Å². The van der Waals surface area contributed by atoms with Crippen LogP contribution in [0.25, 0.3) is 0 Å². The van der Waals surface area contributed by atoms with Crippen LogP contribution in [-0.4, -0.2) is 30.5 Å². The zero-order chi connectivity index (χ0) is 17.7. The molecule has 0 saturated heterocycles. The van der Waals surface area contributed by atoms with Gasteiger partial charge in [-0.2, -0.15) is 0 Å². The summed E-state index contributed by atoms with van der Waals surface area (Å²) >= 11 is -3.26. The van der Waals surface area contributed by atoms with Crippen molar-refractivity contribution in [3.63, 3.8) is 0 Å². The van der Waals surface area contributed by atoms with E-state index < -0.39 is 20.6 Å². The van der Waals surface area contributed by atoms with Crippen LogP contribution >= 0.6 is 0 Å². The van der Waals surface area contributed by atoms with Gasteiger partial charge in [0.2, 0.25) is 0 Å². The Morgan fingerprint density at radius 2 is 0.885 bits per heavy atom. The molecule has 1 aromatic heterocycles. The second kappa shape index (κ2) is 7.89. The monoisotopic (exact) mass is 533 g/mol. The van der Waals surface area contributed by atoms with Crippen molar-refractivity contribution in [3.05, 3.63) is 115 Å². The number of benzene rings is 3. The first kappa shape index (κ1) is 17.1. The standard InChI is InChI=1S/3C6H5.C5H5N2.Po/c3*1-2-4-6-5-3-1;1-5-6-3-2-4-7-5;/h3*1-5H;2-4H,1H2;. The maximum atomic E-state index is 4.58. The SMILES string of the molecule is c1cc[c]([Po]([CH2]c2ncccn2)([c]2ccccc2)[c]2ccccc2)cc1. The fourth-order valence-corrected chi connectivity index (χ4v) is 17.7. The quantitative estimate of drug-likeness (QED) is 0.395. The molecule has 0 aliphatic rings. The molecule has 0 amide bonds. The van der Waals surface area contributed by atoms with E-state index in [1.807, 2.05) is 18.5 Å². The summed E-state index contributed by atoms with van der Waals surface area (Å²) in [5.41, 5.74) is 0. The normalized spacial score (nSPS) is 11.8. The molecular weight excluding hydrogens is 513 g/mol. The van der Waals surface area contributed by atoms with Crippen LogP contribution in [0.1, 0.15) is 5.82 Å². The molecule has 0 bridgehead atoms. The number of hydrogen-bond donors (Lipinski definition) is 0. The minimum absolute atomic E-state index is 0.909. The summed E-state index contributed by atoms with van der Waals surface area (Å²) in [5.74, 6) is 0.930. The van der Waals surface area contributed by atoms with Gasteiger partial charge in [0.1, 0.15) is 0 Å². The average Bonchev–Trinajstić information content (AvgIpc) is 2.75. The molecule has 0 fully saturated rings. The van der Waals surface area contributed by atoms with Crippen LogP contribution in [0, 0.1) is 0 Å².